The summed E-state index contributed by atoms with van der Waals surface area (Å²) in [6.45, 7) is 2.14. The van der Waals surface area contributed by atoms with E-state index < -0.39 is 6.10 Å². The second-order valence-electron chi connectivity index (χ2n) is 5.60. The minimum absolute atomic E-state index is 0.424. The third-order valence-electron chi connectivity index (χ3n) is 4.12. The molecular weight excluding hydrogens is 268 g/mol. The van der Waals surface area contributed by atoms with Crippen molar-refractivity contribution in [2.75, 3.05) is 0 Å². The van der Waals surface area contributed by atoms with Crippen molar-refractivity contribution in [2.24, 2.45) is 0 Å². The fourth-order valence-electron chi connectivity index (χ4n) is 2.92. The molecule has 0 aromatic carbocycles. The van der Waals surface area contributed by atoms with Gasteiger partial charge in [-0.3, -0.25) is 4.68 Å². The van der Waals surface area contributed by atoms with Crippen molar-refractivity contribution in [3.05, 3.63) is 39.8 Å². The number of hydrogen-bond acceptors (Lipinski definition) is 3. The highest BCUT2D eigenvalue weighted by Gasteiger charge is 2.18. The number of nitrogens with zero attached hydrogens (tertiary/aromatic N) is 2. The largest absolute Gasteiger partial charge is 0.387 e. The van der Waals surface area contributed by atoms with E-state index in [1.54, 1.807) is 11.3 Å². The van der Waals surface area contributed by atoms with Crippen LogP contribution < -0.4 is 0 Å². The van der Waals surface area contributed by atoms with Gasteiger partial charge in [0.15, 0.2) is 0 Å². The predicted octanol–water partition coefficient (Wildman–Crippen LogP) is 3.90. The lowest BCUT2D eigenvalue weighted by Crippen LogP contribution is -2.07. The van der Waals surface area contributed by atoms with Crippen LogP contribution in [0, 0.1) is 0 Å². The lowest BCUT2D eigenvalue weighted by atomic mass is 10.2. The molecule has 4 heteroatoms. The first kappa shape index (κ1) is 13.8. The summed E-state index contributed by atoms with van der Waals surface area (Å²) in [5.74, 6) is 0. The number of aromatic nitrogens is 2. The van der Waals surface area contributed by atoms with Crippen LogP contribution in [0.1, 0.15) is 60.2 Å². The van der Waals surface area contributed by atoms with E-state index in [0.717, 1.165) is 17.0 Å². The number of aliphatic hydroxyl groups excluding tert-OH is 1. The highest BCUT2D eigenvalue weighted by atomic mass is 32.1. The van der Waals surface area contributed by atoms with E-state index in [0.29, 0.717) is 12.5 Å². The zero-order valence-corrected chi connectivity index (χ0v) is 12.8. The molecule has 1 aliphatic carbocycles. The van der Waals surface area contributed by atoms with Crippen molar-refractivity contribution in [3.63, 3.8) is 0 Å². The average molecular weight is 290 g/mol. The van der Waals surface area contributed by atoms with E-state index in [4.69, 9.17) is 0 Å². The Kier molecular flexibility index (Phi) is 4.22. The third-order valence-corrected chi connectivity index (χ3v) is 5.46. The van der Waals surface area contributed by atoms with Crippen LogP contribution in [-0.2, 0) is 12.8 Å². The molecule has 1 atom stereocenters. The molecule has 2 aromatic rings. The molecule has 0 bridgehead atoms. The Bertz CT molecular complexity index is 554. The highest BCUT2D eigenvalue weighted by Crippen LogP contribution is 2.30. The Morgan fingerprint density at radius 2 is 2.15 bits per heavy atom. The topological polar surface area (TPSA) is 38.0 Å². The molecule has 1 saturated carbocycles. The van der Waals surface area contributed by atoms with Gasteiger partial charge in [0.25, 0.3) is 0 Å². The van der Waals surface area contributed by atoms with E-state index in [2.05, 4.69) is 35.0 Å². The fraction of sp³-hybridized carbons (Fsp3) is 0.562. The number of aliphatic hydroxyl groups is 1. The summed E-state index contributed by atoms with van der Waals surface area (Å²) in [5.41, 5.74) is 0.996. The summed E-state index contributed by atoms with van der Waals surface area (Å²) in [6.07, 6.45) is 8.42. The van der Waals surface area contributed by atoms with E-state index in [1.165, 1.54) is 30.6 Å². The van der Waals surface area contributed by atoms with Crippen LogP contribution in [0.25, 0.3) is 0 Å². The normalized spacial score (nSPS) is 17.7. The molecule has 108 valence electrons. The van der Waals surface area contributed by atoms with Crippen molar-refractivity contribution < 1.29 is 5.11 Å². The van der Waals surface area contributed by atoms with Gasteiger partial charge in [-0.1, -0.05) is 19.8 Å². The summed E-state index contributed by atoms with van der Waals surface area (Å²) in [7, 11) is 0. The monoisotopic (exact) mass is 290 g/mol. The molecule has 0 aliphatic heterocycles. The summed E-state index contributed by atoms with van der Waals surface area (Å²) in [4.78, 5) is 2.38. The minimum atomic E-state index is -0.424. The van der Waals surface area contributed by atoms with Crippen LogP contribution in [-0.4, -0.2) is 14.9 Å². The van der Waals surface area contributed by atoms with Crippen LogP contribution >= 0.6 is 11.3 Å². The summed E-state index contributed by atoms with van der Waals surface area (Å²) >= 11 is 1.71. The zero-order valence-electron chi connectivity index (χ0n) is 12.0. The quantitative estimate of drug-likeness (QED) is 0.907. The Balaban J connectivity index is 1.64. The van der Waals surface area contributed by atoms with Gasteiger partial charge in [0, 0.05) is 22.4 Å². The lowest BCUT2D eigenvalue weighted by molar-refractivity contribution is 0.180. The molecule has 3 rings (SSSR count). The van der Waals surface area contributed by atoms with Crippen LogP contribution in [0.4, 0.5) is 0 Å². The standard InChI is InChI=1S/C16H22N2OS/c1-2-14-7-8-16(20-14)15(19)11-12-9-10-18(17-12)13-5-3-4-6-13/h7-10,13,15,19H,2-6,11H2,1H3. The van der Waals surface area contributed by atoms with Gasteiger partial charge in [-0.25, -0.2) is 0 Å². The first-order valence-electron chi connectivity index (χ1n) is 7.57. The second kappa shape index (κ2) is 6.10. The highest BCUT2D eigenvalue weighted by molar-refractivity contribution is 7.12. The molecule has 2 heterocycles. The smallest absolute Gasteiger partial charge is 0.0938 e. The first-order chi connectivity index (χ1) is 9.76. The molecule has 1 unspecified atom stereocenters. The van der Waals surface area contributed by atoms with E-state index >= 15 is 0 Å². The molecule has 1 aliphatic rings. The molecule has 2 aromatic heterocycles. The number of rotatable bonds is 5. The third kappa shape index (κ3) is 2.96. The minimum Gasteiger partial charge on any atom is -0.387 e. The molecular formula is C16H22N2OS. The van der Waals surface area contributed by atoms with Gasteiger partial charge in [-0.2, -0.15) is 5.10 Å². The van der Waals surface area contributed by atoms with Crippen LogP contribution in [0.3, 0.4) is 0 Å². The van der Waals surface area contributed by atoms with Crippen LogP contribution in [0.2, 0.25) is 0 Å². The Morgan fingerprint density at radius 3 is 2.85 bits per heavy atom. The number of aryl methyl sites for hydroxylation is 1. The van der Waals surface area contributed by atoms with Gasteiger partial charge in [0.1, 0.15) is 0 Å². The summed E-state index contributed by atoms with van der Waals surface area (Å²) in [5, 5.41) is 15.0. The summed E-state index contributed by atoms with van der Waals surface area (Å²) in [6, 6.07) is 6.78. The second-order valence-corrected chi connectivity index (χ2v) is 6.80. The molecule has 3 nitrogen and oxygen atoms in total. The first-order valence-corrected chi connectivity index (χ1v) is 8.38. The van der Waals surface area contributed by atoms with Gasteiger partial charge in [0.05, 0.1) is 17.8 Å². The van der Waals surface area contributed by atoms with Crippen LogP contribution in [0.5, 0.6) is 0 Å². The molecule has 1 fully saturated rings. The van der Waals surface area contributed by atoms with Gasteiger partial charge < -0.3 is 5.11 Å². The zero-order chi connectivity index (χ0) is 13.9. The van der Waals surface area contributed by atoms with E-state index in [-0.39, 0.29) is 0 Å². The molecule has 1 N–H and O–H groups in total. The van der Waals surface area contributed by atoms with Gasteiger partial charge in [-0.15, -0.1) is 11.3 Å². The SMILES string of the molecule is CCc1ccc(C(O)Cc2ccn(C3CCCC3)n2)s1. The van der Waals surface area contributed by atoms with Gasteiger partial charge >= 0.3 is 0 Å². The predicted molar refractivity (Wildman–Crippen MR) is 82.1 cm³/mol. The lowest BCUT2D eigenvalue weighted by Gasteiger charge is -2.09. The van der Waals surface area contributed by atoms with Crippen molar-refractivity contribution in [3.8, 4) is 0 Å². The van der Waals surface area contributed by atoms with Gasteiger partial charge in [-0.05, 0) is 37.5 Å². The van der Waals surface area contributed by atoms with Gasteiger partial charge in [0.2, 0.25) is 0 Å². The van der Waals surface area contributed by atoms with Crippen molar-refractivity contribution >= 4 is 11.3 Å². The Hall–Kier alpha value is -1.13. The molecule has 0 spiro atoms. The Morgan fingerprint density at radius 1 is 1.35 bits per heavy atom. The fourth-order valence-corrected chi connectivity index (χ4v) is 3.86. The maximum atomic E-state index is 10.3. The molecule has 0 amide bonds. The number of thiophene rings is 1. The van der Waals surface area contributed by atoms with Crippen molar-refractivity contribution in [1.82, 2.24) is 9.78 Å². The van der Waals surface area contributed by atoms with Crippen LogP contribution in [0.15, 0.2) is 24.4 Å². The molecule has 0 saturated heterocycles. The van der Waals surface area contributed by atoms with E-state index in [9.17, 15) is 5.11 Å². The van der Waals surface area contributed by atoms with Crippen molar-refractivity contribution in [1.29, 1.82) is 0 Å². The van der Waals surface area contributed by atoms with E-state index in [1.807, 2.05) is 6.07 Å². The molecule has 20 heavy (non-hydrogen) atoms. The average Bonchev–Trinajstić information content (AvgIpc) is 3.19. The van der Waals surface area contributed by atoms with Crippen molar-refractivity contribution in [2.45, 2.75) is 57.6 Å². The maximum absolute atomic E-state index is 10.3. The summed E-state index contributed by atoms with van der Waals surface area (Å²) < 4.78 is 2.10. The maximum Gasteiger partial charge on any atom is 0.0938 e. The molecule has 0 radical (unpaired) electrons. The number of hydrogen-bond donors (Lipinski definition) is 1. The Labute approximate surface area is 124 Å².